The minimum absolute atomic E-state index is 0.0768. The van der Waals surface area contributed by atoms with Crippen molar-refractivity contribution in [2.24, 2.45) is 0 Å². The zero-order valence-electron chi connectivity index (χ0n) is 18.0. The molecular weight excluding hydrogens is 378 g/mol. The fourth-order valence-electron chi connectivity index (χ4n) is 3.96. The number of carboxylic acids is 1. The van der Waals surface area contributed by atoms with Crippen LogP contribution in [-0.2, 0) is 4.79 Å². The molecule has 30 heavy (non-hydrogen) atoms. The van der Waals surface area contributed by atoms with E-state index in [1.165, 1.54) is 11.3 Å². The Balaban J connectivity index is 1.81. The number of amides is 1. The summed E-state index contributed by atoms with van der Waals surface area (Å²) in [5.74, 6) is -1.07. The van der Waals surface area contributed by atoms with Gasteiger partial charge in [-0.1, -0.05) is 25.5 Å². The Hall–Kier alpha value is -3.02. The molecule has 0 aliphatic carbocycles. The minimum atomic E-state index is -0.997. The maximum absolute atomic E-state index is 12.3. The second kappa shape index (κ2) is 9.65. The first-order valence-electron chi connectivity index (χ1n) is 10.6. The van der Waals surface area contributed by atoms with Gasteiger partial charge in [0.05, 0.1) is 16.9 Å². The number of carbonyl (C=O) groups excluding carboxylic acids is 1. The van der Waals surface area contributed by atoms with Crippen LogP contribution in [0.5, 0.6) is 0 Å². The van der Waals surface area contributed by atoms with Crippen LogP contribution in [0, 0.1) is 6.92 Å². The van der Waals surface area contributed by atoms with Crippen molar-refractivity contribution in [3.8, 4) is 0 Å². The Morgan fingerprint density at radius 1 is 1.17 bits per heavy atom. The zero-order chi connectivity index (χ0) is 21.7. The molecule has 1 aliphatic heterocycles. The minimum Gasteiger partial charge on any atom is -0.478 e. The van der Waals surface area contributed by atoms with E-state index in [1.807, 2.05) is 13.0 Å². The van der Waals surface area contributed by atoms with E-state index in [4.69, 9.17) is 0 Å². The lowest BCUT2D eigenvalue weighted by atomic mass is 10.1. The molecule has 1 saturated heterocycles. The van der Waals surface area contributed by atoms with Crippen LogP contribution in [-0.4, -0.2) is 42.7 Å². The molecule has 160 valence electrons. The summed E-state index contributed by atoms with van der Waals surface area (Å²) in [5, 5.41) is 12.3. The molecule has 0 aromatic heterocycles. The summed E-state index contributed by atoms with van der Waals surface area (Å²) in [6.45, 7) is 8.77. The molecule has 6 nitrogen and oxygen atoms in total. The SMILES string of the molecule is CCCCC(=O)Nc1cc(C(=O)O)ccc1N1CCN(c2cccc(C)c2)C(C)C1. The van der Waals surface area contributed by atoms with Crippen LogP contribution < -0.4 is 15.1 Å². The fraction of sp³-hybridized carbons (Fsp3) is 0.417. The molecule has 0 saturated carbocycles. The van der Waals surface area contributed by atoms with Crippen LogP contribution in [0.4, 0.5) is 17.1 Å². The van der Waals surface area contributed by atoms with Crippen LogP contribution >= 0.6 is 0 Å². The molecule has 1 amide bonds. The number of carboxylic acid groups (broad SMARTS) is 1. The molecule has 2 aromatic carbocycles. The van der Waals surface area contributed by atoms with Gasteiger partial charge in [-0.15, -0.1) is 0 Å². The van der Waals surface area contributed by atoms with Gasteiger partial charge in [-0.2, -0.15) is 0 Å². The van der Waals surface area contributed by atoms with E-state index in [0.717, 1.165) is 38.2 Å². The fourth-order valence-corrected chi connectivity index (χ4v) is 3.96. The van der Waals surface area contributed by atoms with Gasteiger partial charge in [0.2, 0.25) is 5.91 Å². The Morgan fingerprint density at radius 2 is 1.97 bits per heavy atom. The Kier molecular flexibility index (Phi) is 6.98. The molecule has 2 N–H and O–H groups in total. The molecule has 6 heteroatoms. The molecule has 1 atom stereocenters. The van der Waals surface area contributed by atoms with Crippen molar-refractivity contribution in [2.45, 2.75) is 46.1 Å². The van der Waals surface area contributed by atoms with E-state index in [0.29, 0.717) is 12.1 Å². The van der Waals surface area contributed by atoms with E-state index in [1.54, 1.807) is 12.1 Å². The summed E-state index contributed by atoms with van der Waals surface area (Å²) in [6, 6.07) is 13.8. The quantitative estimate of drug-likeness (QED) is 0.703. The topological polar surface area (TPSA) is 72.9 Å². The number of aromatic carboxylic acids is 1. The number of nitrogens with one attached hydrogen (secondary N) is 1. The number of anilines is 3. The Labute approximate surface area is 178 Å². The van der Waals surface area contributed by atoms with E-state index in [-0.39, 0.29) is 17.5 Å². The number of rotatable bonds is 7. The summed E-state index contributed by atoms with van der Waals surface area (Å²) in [5.41, 5.74) is 4.09. The van der Waals surface area contributed by atoms with Gasteiger partial charge in [0.15, 0.2) is 0 Å². The van der Waals surface area contributed by atoms with Crippen molar-refractivity contribution >= 4 is 28.9 Å². The maximum atomic E-state index is 12.3. The zero-order valence-corrected chi connectivity index (χ0v) is 18.0. The number of piperazine rings is 1. The second-order valence-corrected chi connectivity index (χ2v) is 8.02. The number of benzene rings is 2. The molecule has 1 fully saturated rings. The molecule has 1 unspecified atom stereocenters. The van der Waals surface area contributed by atoms with Crippen molar-refractivity contribution in [1.82, 2.24) is 0 Å². The molecular formula is C24H31N3O3. The molecule has 0 radical (unpaired) electrons. The summed E-state index contributed by atoms with van der Waals surface area (Å²) in [6.07, 6.45) is 2.19. The summed E-state index contributed by atoms with van der Waals surface area (Å²) >= 11 is 0. The largest absolute Gasteiger partial charge is 0.478 e. The third-order valence-corrected chi connectivity index (χ3v) is 5.58. The lowest BCUT2D eigenvalue weighted by Crippen LogP contribution is -2.52. The van der Waals surface area contributed by atoms with Crippen molar-refractivity contribution < 1.29 is 14.7 Å². The van der Waals surface area contributed by atoms with Gasteiger partial charge < -0.3 is 20.2 Å². The van der Waals surface area contributed by atoms with E-state index >= 15 is 0 Å². The van der Waals surface area contributed by atoms with E-state index < -0.39 is 5.97 Å². The van der Waals surface area contributed by atoms with E-state index in [2.05, 4.69) is 53.2 Å². The highest BCUT2D eigenvalue weighted by molar-refractivity contribution is 5.97. The lowest BCUT2D eigenvalue weighted by Gasteiger charge is -2.43. The third kappa shape index (κ3) is 5.12. The average Bonchev–Trinajstić information content (AvgIpc) is 2.72. The normalized spacial score (nSPS) is 16.4. The standard InChI is InChI=1S/C24H31N3O3/c1-4-5-9-23(28)25-21-15-19(24(29)30)10-11-22(21)26-12-13-27(18(3)16-26)20-8-6-7-17(2)14-20/h6-8,10-11,14-15,18H,4-5,9,12-13,16H2,1-3H3,(H,25,28)(H,29,30). The van der Waals surface area contributed by atoms with Crippen molar-refractivity contribution in [2.75, 3.05) is 34.8 Å². The molecule has 0 bridgehead atoms. The molecule has 1 aliphatic rings. The van der Waals surface area contributed by atoms with Crippen LogP contribution in [0.1, 0.15) is 49.0 Å². The molecule has 3 rings (SSSR count). The van der Waals surface area contributed by atoms with Gasteiger partial charge in [0.25, 0.3) is 0 Å². The van der Waals surface area contributed by atoms with Gasteiger partial charge in [-0.25, -0.2) is 4.79 Å². The van der Waals surface area contributed by atoms with Gasteiger partial charge in [0.1, 0.15) is 0 Å². The summed E-state index contributed by atoms with van der Waals surface area (Å²) < 4.78 is 0. The first-order chi connectivity index (χ1) is 14.4. The van der Waals surface area contributed by atoms with E-state index in [9.17, 15) is 14.7 Å². The predicted octanol–water partition coefficient (Wildman–Crippen LogP) is 4.54. The number of carbonyl (C=O) groups is 2. The van der Waals surface area contributed by atoms with Crippen LogP contribution in [0.25, 0.3) is 0 Å². The second-order valence-electron chi connectivity index (χ2n) is 8.02. The smallest absolute Gasteiger partial charge is 0.335 e. The first kappa shape index (κ1) is 21.7. The first-order valence-corrected chi connectivity index (χ1v) is 10.6. The Morgan fingerprint density at radius 3 is 2.63 bits per heavy atom. The maximum Gasteiger partial charge on any atom is 0.335 e. The number of aryl methyl sites for hydroxylation is 1. The van der Waals surface area contributed by atoms with Gasteiger partial charge in [-0.05, 0) is 56.2 Å². The summed E-state index contributed by atoms with van der Waals surface area (Å²) in [4.78, 5) is 28.4. The molecule has 1 heterocycles. The summed E-state index contributed by atoms with van der Waals surface area (Å²) in [7, 11) is 0. The van der Waals surface area contributed by atoms with Crippen molar-refractivity contribution in [1.29, 1.82) is 0 Å². The number of hydrogen-bond acceptors (Lipinski definition) is 4. The van der Waals surface area contributed by atoms with Crippen LogP contribution in [0.15, 0.2) is 42.5 Å². The van der Waals surface area contributed by atoms with Gasteiger partial charge >= 0.3 is 5.97 Å². The lowest BCUT2D eigenvalue weighted by molar-refractivity contribution is -0.116. The highest BCUT2D eigenvalue weighted by Gasteiger charge is 2.26. The highest BCUT2D eigenvalue weighted by Crippen LogP contribution is 2.31. The highest BCUT2D eigenvalue weighted by atomic mass is 16.4. The number of hydrogen-bond donors (Lipinski definition) is 2. The van der Waals surface area contributed by atoms with Crippen molar-refractivity contribution in [3.05, 3.63) is 53.6 Å². The van der Waals surface area contributed by atoms with Gasteiger partial charge in [-0.3, -0.25) is 4.79 Å². The monoisotopic (exact) mass is 409 g/mol. The number of unbranched alkanes of at least 4 members (excludes halogenated alkanes) is 1. The van der Waals surface area contributed by atoms with Gasteiger partial charge in [0, 0.05) is 37.8 Å². The molecule has 2 aromatic rings. The number of nitrogens with zero attached hydrogens (tertiary/aromatic N) is 2. The van der Waals surface area contributed by atoms with Crippen LogP contribution in [0.3, 0.4) is 0 Å². The molecule has 0 spiro atoms. The van der Waals surface area contributed by atoms with Crippen LogP contribution in [0.2, 0.25) is 0 Å². The van der Waals surface area contributed by atoms with Crippen molar-refractivity contribution in [3.63, 3.8) is 0 Å². The average molecular weight is 410 g/mol. The Bertz CT molecular complexity index is 912. The third-order valence-electron chi connectivity index (χ3n) is 5.58. The predicted molar refractivity (Wildman–Crippen MR) is 122 cm³/mol.